The van der Waals surface area contributed by atoms with Gasteiger partial charge in [-0.25, -0.2) is 9.97 Å². The van der Waals surface area contributed by atoms with Crippen LogP contribution in [0.1, 0.15) is 10.5 Å². The summed E-state index contributed by atoms with van der Waals surface area (Å²) >= 11 is 3.06. The maximum atomic E-state index is 12.7. The number of nitrogens with one attached hydrogen (secondary N) is 1. The van der Waals surface area contributed by atoms with Crippen molar-refractivity contribution in [3.63, 3.8) is 0 Å². The van der Waals surface area contributed by atoms with Gasteiger partial charge in [-0.15, -0.1) is 11.3 Å². The van der Waals surface area contributed by atoms with Gasteiger partial charge in [-0.1, -0.05) is 29.5 Å². The Balaban J connectivity index is 1.54. The van der Waals surface area contributed by atoms with Crippen molar-refractivity contribution in [1.29, 1.82) is 0 Å². The number of nitrogens with zero attached hydrogens (tertiary/aromatic N) is 3. The third-order valence-electron chi connectivity index (χ3n) is 4.26. The summed E-state index contributed by atoms with van der Waals surface area (Å²) in [4.78, 5) is 21.7. The summed E-state index contributed by atoms with van der Waals surface area (Å²) < 4.78 is 4.03. The molecule has 5 nitrogen and oxygen atoms in total. The van der Waals surface area contributed by atoms with Crippen LogP contribution in [0, 0.1) is 0 Å². The van der Waals surface area contributed by atoms with Gasteiger partial charge in [0.1, 0.15) is 11.2 Å². The lowest BCUT2D eigenvalue weighted by Gasteiger charge is -2.03. The molecule has 0 fully saturated rings. The minimum atomic E-state index is -0.160. The Morgan fingerprint density at radius 3 is 2.96 bits per heavy atom. The molecule has 0 aliphatic carbocycles. The summed E-state index contributed by atoms with van der Waals surface area (Å²) in [5.74, 6) is -0.160. The zero-order valence-corrected chi connectivity index (χ0v) is 14.8. The van der Waals surface area contributed by atoms with Gasteiger partial charge in [0.15, 0.2) is 5.13 Å². The highest BCUT2D eigenvalue weighted by atomic mass is 32.1. The van der Waals surface area contributed by atoms with Crippen LogP contribution in [0.25, 0.3) is 31.3 Å². The standard InChI is InChI=1S/C18H12N4OS2/c1-22-12-5-3-2-4-10(12)8-13(22)17(23)21-18-20-11-6-7-14-15(16(11)25-18)19-9-24-14/h2-9H,1H3,(H,20,21,23). The van der Waals surface area contributed by atoms with E-state index < -0.39 is 0 Å². The Kier molecular flexibility index (Phi) is 3.13. The van der Waals surface area contributed by atoms with E-state index in [9.17, 15) is 4.79 Å². The second kappa shape index (κ2) is 5.37. The van der Waals surface area contributed by atoms with Gasteiger partial charge in [-0.2, -0.15) is 0 Å². The van der Waals surface area contributed by atoms with Crippen LogP contribution in [-0.4, -0.2) is 20.4 Å². The minimum absolute atomic E-state index is 0.160. The van der Waals surface area contributed by atoms with E-state index in [0.717, 1.165) is 31.3 Å². The molecular formula is C18H12N4OS2. The maximum Gasteiger partial charge on any atom is 0.274 e. The highest BCUT2D eigenvalue weighted by molar-refractivity contribution is 7.24. The van der Waals surface area contributed by atoms with Gasteiger partial charge in [-0.3, -0.25) is 10.1 Å². The minimum Gasteiger partial charge on any atom is -0.340 e. The van der Waals surface area contributed by atoms with Gasteiger partial charge < -0.3 is 4.57 Å². The number of hydrogen-bond acceptors (Lipinski definition) is 5. The molecule has 3 heterocycles. The molecule has 7 heteroatoms. The summed E-state index contributed by atoms with van der Waals surface area (Å²) in [6.45, 7) is 0. The van der Waals surface area contributed by atoms with Crippen molar-refractivity contribution in [2.45, 2.75) is 0 Å². The molecule has 0 bridgehead atoms. The van der Waals surface area contributed by atoms with Crippen molar-refractivity contribution in [2.24, 2.45) is 7.05 Å². The first-order valence-corrected chi connectivity index (χ1v) is 9.39. The Morgan fingerprint density at radius 2 is 2.08 bits per heavy atom. The van der Waals surface area contributed by atoms with E-state index in [2.05, 4.69) is 15.3 Å². The van der Waals surface area contributed by atoms with Crippen molar-refractivity contribution in [1.82, 2.24) is 14.5 Å². The topological polar surface area (TPSA) is 59.8 Å². The molecule has 5 aromatic rings. The van der Waals surface area contributed by atoms with E-state index in [1.54, 1.807) is 11.3 Å². The van der Waals surface area contributed by atoms with Gasteiger partial charge in [0.25, 0.3) is 5.91 Å². The number of carbonyl (C=O) groups excluding carboxylic acids is 1. The van der Waals surface area contributed by atoms with Crippen molar-refractivity contribution in [2.75, 3.05) is 5.32 Å². The Morgan fingerprint density at radius 1 is 1.20 bits per heavy atom. The highest BCUT2D eigenvalue weighted by Crippen LogP contribution is 2.33. The van der Waals surface area contributed by atoms with Crippen LogP contribution < -0.4 is 5.32 Å². The van der Waals surface area contributed by atoms with E-state index in [4.69, 9.17) is 0 Å². The molecule has 3 aromatic heterocycles. The van der Waals surface area contributed by atoms with E-state index in [-0.39, 0.29) is 5.91 Å². The number of rotatable bonds is 2. The summed E-state index contributed by atoms with van der Waals surface area (Å²) in [6.07, 6.45) is 0. The molecule has 0 radical (unpaired) electrons. The first-order chi connectivity index (χ1) is 12.2. The number of thiazole rings is 2. The van der Waals surface area contributed by atoms with Crippen molar-refractivity contribution >= 4 is 65.0 Å². The highest BCUT2D eigenvalue weighted by Gasteiger charge is 2.16. The molecule has 0 saturated carbocycles. The number of amides is 1. The SMILES string of the molecule is Cn1c(C(=O)Nc2nc3ccc4scnc4c3s2)cc2ccccc21. The lowest BCUT2D eigenvalue weighted by molar-refractivity contribution is 0.102. The second-order valence-corrected chi connectivity index (χ2v) is 7.62. The smallest absolute Gasteiger partial charge is 0.274 e. The van der Waals surface area contributed by atoms with Gasteiger partial charge in [0.05, 0.1) is 20.4 Å². The molecule has 2 aromatic carbocycles. The number of para-hydroxylation sites is 1. The molecule has 0 aliphatic heterocycles. The van der Waals surface area contributed by atoms with Crippen LogP contribution in [0.4, 0.5) is 5.13 Å². The predicted molar refractivity (Wildman–Crippen MR) is 104 cm³/mol. The second-order valence-electron chi connectivity index (χ2n) is 5.73. The van der Waals surface area contributed by atoms with Crippen LogP contribution in [0.3, 0.4) is 0 Å². The fraction of sp³-hybridized carbons (Fsp3) is 0.0556. The van der Waals surface area contributed by atoms with Crippen LogP contribution in [0.5, 0.6) is 0 Å². The number of benzene rings is 2. The van der Waals surface area contributed by atoms with E-state index in [0.29, 0.717) is 10.8 Å². The number of anilines is 1. The third kappa shape index (κ3) is 2.24. The lowest BCUT2D eigenvalue weighted by Crippen LogP contribution is -2.15. The molecule has 25 heavy (non-hydrogen) atoms. The van der Waals surface area contributed by atoms with Crippen molar-refractivity contribution in [3.8, 4) is 0 Å². The molecule has 122 valence electrons. The maximum absolute atomic E-state index is 12.7. The monoisotopic (exact) mass is 364 g/mol. The number of hydrogen-bond donors (Lipinski definition) is 1. The van der Waals surface area contributed by atoms with E-state index in [1.165, 1.54) is 11.3 Å². The Labute approximate surface area is 150 Å². The molecule has 1 N–H and O–H groups in total. The summed E-state index contributed by atoms with van der Waals surface area (Å²) in [6, 6.07) is 13.8. The van der Waals surface area contributed by atoms with Crippen LogP contribution in [0.2, 0.25) is 0 Å². The first-order valence-electron chi connectivity index (χ1n) is 7.69. The van der Waals surface area contributed by atoms with E-state index >= 15 is 0 Å². The summed E-state index contributed by atoms with van der Waals surface area (Å²) in [7, 11) is 1.90. The molecule has 0 unspecified atom stereocenters. The normalized spacial score (nSPS) is 11.6. The quantitative estimate of drug-likeness (QED) is 0.496. The number of aromatic nitrogens is 3. The molecular weight excluding hydrogens is 352 g/mol. The van der Waals surface area contributed by atoms with Gasteiger partial charge >= 0.3 is 0 Å². The van der Waals surface area contributed by atoms with E-state index in [1.807, 2.05) is 59.6 Å². The molecule has 0 saturated heterocycles. The predicted octanol–water partition coefficient (Wildman–Crippen LogP) is 4.65. The van der Waals surface area contributed by atoms with Crippen LogP contribution in [0.15, 0.2) is 48.0 Å². The van der Waals surface area contributed by atoms with Crippen LogP contribution in [-0.2, 0) is 7.05 Å². The molecule has 1 amide bonds. The molecule has 0 aliphatic rings. The molecule has 5 rings (SSSR count). The van der Waals surface area contributed by atoms with Crippen molar-refractivity contribution in [3.05, 3.63) is 53.7 Å². The Hall–Kier alpha value is -2.77. The molecule has 0 atom stereocenters. The number of aryl methyl sites for hydroxylation is 1. The van der Waals surface area contributed by atoms with Crippen LogP contribution >= 0.6 is 22.7 Å². The van der Waals surface area contributed by atoms with Gasteiger partial charge in [0.2, 0.25) is 0 Å². The average molecular weight is 364 g/mol. The summed E-state index contributed by atoms with van der Waals surface area (Å²) in [5.41, 5.74) is 5.28. The Bertz CT molecular complexity index is 1260. The number of carbonyl (C=O) groups is 1. The van der Waals surface area contributed by atoms with Crippen molar-refractivity contribution < 1.29 is 4.79 Å². The van der Waals surface area contributed by atoms with Gasteiger partial charge in [-0.05, 0) is 24.3 Å². The largest absolute Gasteiger partial charge is 0.340 e. The molecule has 0 spiro atoms. The zero-order chi connectivity index (χ0) is 17.0. The lowest BCUT2D eigenvalue weighted by atomic mass is 10.2. The fourth-order valence-corrected chi connectivity index (χ4v) is 4.74. The number of fused-ring (bicyclic) bond motifs is 4. The first kappa shape index (κ1) is 14.6. The zero-order valence-electron chi connectivity index (χ0n) is 13.2. The fourth-order valence-electron chi connectivity index (χ4n) is 3.03. The third-order valence-corrected chi connectivity index (χ3v) is 6.05. The van der Waals surface area contributed by atoms with Gasteiger partial charge in [0, 0.05) is 18.0 Å². The summed E-state index contributed by atoms with van der Waals surface area (Å²) in [5, 5.41) is 4.56. The average Bonchev–Trinajstić information content (AvgIpc) is 3.31.